The van der Waals surface area contributed by atoms with Crippen LogP contribution in [0.4, 0.5) is 0 Å². The Bertz CT molecular complexity index is 399. The molecule has 18 heavy (non-hydrogen) atoms. The monoisotopic (exact) mass is 272 g/mol. The molecule has 4 nitrogen and oxygen atoms in total. The van der Waals surface area contributed by atoms with Gasteiger partial charge in [-0.05, 0) is 29.7 Å². The average Bonchev–Trinajstić information content (AvgIpc) is 2.37. The van der Waals surface area contributed by atoms with Crippen molar-refractivity contribution in [2.24, 2.45) is 5.73 Å². The van der Waals surface area contributed by atoms with Crippen molar-refractivity contribution in [1.82, 2.24) is 4.90 Å². The van der Waals surface area contributed by atoms with E-state index in [1.165, 1.54) is 11.1 Å². The van der Waals surface area contributed by atoms with Crippen LogP contribution in [0.2, 0.25) is 0 Å². The standard InChI is InChI=1S/C13H20N2O2.ClH/c1-16-12-7-10-3-5-15(6-4-14)9-11(10)8-13(12)17-2;/h7-8H,3-6,9,14H2,1-2H3;1H. The fourth-order valence-corrected chi connectivity index (χ4v) is 2.32. The zero-order valence-corrected chi connectivity index (χ0v) is 11.8. The zero-order chi connectivity index (χ0) is 12.3. The Balaban J connectivity index is 0.00000162. The van der Waals surface area contributed by atoms with Gasteiger partial charge in [0.1, 0.15) is 0 Å². The maximum absolute atomic E-state index is 5.59. The molecule has 0 aromatic heterocycles. The van der Waals surface area contributed by atoms with Gasteiger partial charge < -0.3 is 15.2 Å². The number of nitrogens with zero attached hydrogens (tertiary/aromatic N) is 1. The number of hydrogen-bond donors (Lipinski definition) is 1. The largest absolute Gasteiger partial charge is 0.493 e. The van der Waals surface area contributed by atoms with Gasteiger partial charge in [0.15, 0.2) is 11.5 Å². The molecule has 2 N–H and O–H groups in total. The molecule has 0 bridgehead atoms. The normalized spacial score (nSPS) is 14.6. The number of methoxy groups -OCH3 is 2. The van der Waals surface area contributed by atoms with Crippen molar-refractivity contribution < 1.29 is 9.47 Å². The van der Waals surface area contributed by atoms with Crippen LogP contribution in [0.25, 0.3) is 0 Å². The molecule has 0 atom stereocenters. The van der Waals surface area contributed by atoms with Crippen LogP contribution in [-0.4, -0.2) is 38.8 Å². The lowest BCUT2D eigenvalue weighted by atomic mass is 9.99. The second-order valence-corrected chi connectivity index (χ2v) is 4.29. The fraction of sp³-hybridized carbons (Fsp3) is 0.538. The van der Waals surface area contributed by atoms with Gasteiger partial charge in [-0.25, -0.2) is 0 Å². The predicted octanol–water partition coefficient (Wildman–Crippen LogP) is 1.44. The van der Waals surface area contributed by atoms with Crippen molar-refractivity contribution in [2.75, 3.05) is 33.9 Å². The number of halogens is 1. The Morgan fingerprint density at radius 1 is 1.17 bits per heavy atom. The fourth-order valence-electron chi connectivity index (χ4n) is 2.32. The molecular formula is C13H21ClN2O2. The molecule has 1 heterocycles. The van der Waals surface area contributed by atoms with Gasteiger partial charge in [0, 0.05) is 26.2 Å². The minimum Gasteiger partial charge on any atom is -0.493 e. The van der Waals surface area contributed by atoms with E-state index in [4.69, 9.17) is 15.2 Å². The lowest BCUT2D eigenvalue weighted by Gasteiger charge is -2.29. The van der Waals surface area contributed by atoms with Gasteiger partial charge in [-0.1, -0.05) is 0 Å². The van der Waals surface area contributed by atoms with Crippen molar-refractivity contribution in [3.05, 3.63) is 23.3 Å². The highest BCUT2D eigenvalue weighted by Crippen LogP contribution is 2.33. The lowest BCUT2D eigenvalue weighted by Crippen LogP contribution is -2.34. The Morgan fingerprint density at radius 3 is 2.33 bits per heavy atom. The average molecular weight is 273 g/mol. The Kier molecular flexibility index (Phi) is 5.72. The number of hydrogen-bond acceptors (Lipinski definition) is 4. The van der Waals surface area contributed by atoms with E-state index in [9.17, 15) is 0 Å². The van der Waals surface area contributed by atoms with E-state index in [-0.39, 0.29) is 12.4 Å². The maximum atomic E-state index is 5.59. The van der Waals surface area contributed by atoms with Gasteiger partial charge in [0.05, 0.1) is 14.2 Å². The van der Waals surface area contributed by atoms with Crippen LogP contribution in [0.1, 0.15) is 11.1 Å². The first-order chi connectivity index (χ1) is 8.28. The van der Waals surface area contributed by atoms with Crippen molar-refractivity contribution in [1.29, 1.82) is 0 Å². The molecule has 102 valence electrons. The van der Waals surface area contributed by atoms with Crippen LogP contribution >= 0.6 is 12.4 Å². The molecule has 5 heteroatoms. The number of fused-ring (bicyclic) bond motifs is 1. The molecule has 1 aliphatic rings. The second kappa shape index (κ2) is 6.83. The predicted molar refractivity (Wildman–Crippen MR) is 74.8 cm³/mol. The molecular weight excluding hydrogens is 252 g/mol. The molecule has 0 amide bonds. The number of rotatable bonds is 4. The van der Waals surface area contributed by atoms with E-state index in [0.29, 0.717) is 6.54 Å². The van der Waals surface area contributed by atoms with E-state index < -0.39 is 0 Å². The summed E-state index contributed by atoms with van der Waals surface area (Å²) in [6, 6.07) is 4.17. The number of benzene rings is 1. The third kappa shape index (κ3) is 3.07. The Hall–Kier alpha value is -0.970. The molecule has 0 saturated carbocycles. The minimum absolute atomic E-state index is 0. The topological polar surface area (TPSA) is 47.7 Å². The van der Waals surface area contributed by atoms with Gasteiger partial charge >= 0.3 is 0 Å². The van der Waals surface area contributed by atoms with Crippen LogP contribution in [0.15, 0.2) is 12.1 Å². The van der Waals surface area contributed by atoms with Crippen molar-refractivity contribution >= 4 is 12.4 Å². The van der Waals surface area contributed by atoms with E-state index in [2.05, 4.69) is 17.0 Å². The second-order valence-electron chi connectivity index (χ2n) is 4.29. The first-order valence-corrected chi connectivity index (χ1v) is 5.94. The van der Waals surface area contributed by atoms with E-state index in [1.807, 2.05) is 0 Å². The van der Waals surface area contributed by atoms with Crippen LogP contribution < -0.4 is 15.2 Å². The molecule has 1 aromatic carbocycles. The summed E-state index contributed by atoms with van der Waals surface area (Å²) in [4.78, 5) is 2.37. The Morgan fingerprint density at radius 2 is 1.78 bits per heavy atom. The van der Waals surface area contributed by atoms with Crippen LogP contribution in [0.3, 0.4) is 0 Å². The molecule has 0 spiro atoms. The quantitative estimate of drug-likeness (QED) is 0.901. The summed E-state index contributed by atoms with van der Waals surface area (Å²) in [6.07, 6.45) is 1.05. The van der Waals surface area contributed by atoms with Crippen LogP contribution in [0, 0.1) is 0 Å². The lowest BCUT2D eigenvalue weighted by molar-refractivity contribution is 0.259. The van der Waals surface area contributed by atoms with Gasteiger partial charge in [-0.3, -0.25) is 4.90 Å². The van der Waals surface area contributed by atoms with E-state index in [0.717, 1.165) is 37.6 Å². The van der Waals surface area contributed by atoms with E-state index in [1.54, 1.807) is 14.2 Å². The summed E-state index contributed by atoms with van der Waals surface area (Å²) in [5.41, 5.74) is 8.27. The molecule has 1 aromatic rings. The van der Waals surface area contributed by atoms with Gasteiger partial charge in [-0.15, -0.1) is 12.4 Å². The molecule has 0 saturated heterocycles. The highest BCUT2D eigenvalue weighted by atomic mass is 35.5. The summed E-state index contributed by atoms with van der Waals surface area (Å²) in [5, 5.41) is 0. The van der Waals surface area contributed by atoms with Crippen molar-refractivity contribution in [3.63, 3.8) is 0 Å². The van der Waals surface area contributed by atoms with Crippen molar-refractivity contribution in [2.45, 2.75) is 13.0 Å². The van der Waals surface area contributed by atoms with E-state index >= 15 is 0 Å². The third-order valence-corrected chi connectivity index (χ3v) is 3.24. The molecule has 1 aliphatic heterocycles. The first-order valence-electron chi connectivity index (χ1n) is 5.94. The number of nitrogens with two attached hydrogens (primary N) is 1. The SMILES string of the molecule is COc1cc2c(cc1OC)CN(CCN)CC2.Cl. The molecule has 2 rings (SSSR count). The summed E-state index contributed by atoms with van der Waals surface area (Å²) >= 11 is 0. The highest BCUT2D eigenvalue weighted by Gasteiger charge is 2.18. The smallest absolute Gasteiger partial charge is 0.161 e. The molecule has 0 radical (unpaired) electrons. The summed E-state index contributed by atoms with van der Waals surface area (Å²) in [6.45, 7) is 3.68. The van der Waals surface area contributed by atoms with Gasteiger partial charge in [0.25, 0.3) is 0 Å². The minimum atomic E-state index is 0. The highest BCUT2D eigenvalue weighted by molar-refractivity contribution is 5.85. The molecule has 0 unspecified atom stereocenters. The molecule has 0 aliphatic carbocycles. The maximum Gasteiger partial charge on any atom is 0.161 e. The first kappa shape index (κ1) is 15.1. The number of ether oxygens (including phenoxy) is 2. The molecule has 0 fully saturated rings. The summed E-state index contributed by atoms with van der Waals surface area (Å²) < 4.78 is 10.6. The summed E-state index contributed by atoms with van der Waals surface area (Å²) in [5.74, 6) is 1.62. The van der Waals surface area contributed by atoms with Gasteiger partial charge in [0.2, 0.25) is 0 Å². The Labute approximate surface area is 114 Å². The third-order valence-electron chi connectivity index (χ3n) is 3.24. The zero-order valence-electron chi connectivity index (χ0n) is 10.9. The van der Waals surface area contributed by atoms with Crippen LogP contribution in [-0.2, 0) is 13.0 Å². The van der Waals surface area contributed by atoms with Crippen molar-refractivity contribution in [3.8, 4) is 11.5 Å². The van der Waals surface area contributed by atoms with Crippen LogP contribution in [0.5, 0.6) is 11.5 Å². The summed E-state index contributed by atoms with van der Waals surface area (Å²) in [7, 11) is 3.35. The van der Waals surface area contributed by atoms with Gasteiger partial charge in [-0.2, -0.15) is 0 Å².